The Morgan fingerprint density at radius 3 is 2.77 bits per heavy atom. The van der Waals surface area contributed by atoms with Crippen LogP contribution in [-0.4, -0.2) is 18.1 Å². The molecule has 112 valence electrons. The zero-order valence-electron chi connectivity index (χ0n) is 12.2. The third-order valence-electron chi connectivity index (χ3n) is 3.83. The van der Waals surface area contributed by atoms with E-state index in [9.17, 15) is 4.79 Å². The Labute approximate surface area is 133 Å². The lowest BCUT2D eigenvalue weighted by atomic mass is 9.88. The number of aromatic amines is 1. The van der Waals surface area contributed by atoms with Crippen molar-refractivity contribution in [2.24, 2.45) is 0 Å². The van der Waals surface area contributed by atoms with Crippen LogP contribution in [0.3, 0.4) is 0 Å². The van der Waals surface area contributed by atoms with E-state index in [2.05, 4.69) is 17.1 Å². The van der Waals surface area contributed by atoms with Gasteiger partial charge in [-0.1, -0.05) is 35.9 Å². The predicted molar refractivity (Wildman–Crippen MR) is 88.2 cm³/mol. The van der Waals surface area contributed by atoms with E-state index in [-0.39, 0.29) is 18.3 Å². The van der Waals surface area contributed by atoms with E-state index in [1.807, 2.05) is 42.6 Å². The molecule has 4 heteroatoms. The average Bonchev–Trinajstić information content (AvgIpc) is 2.99. The topological polar surface area (TPSA) is 42.1 Å². The smallest absolute Gasteiger partial charge is 0.306 e. The van der Waals surface area contributed by atoms with Crippen LogP contribution in [0.5, 0.6) is 0 Å². The number of benzene rings is 2. The summed E-state index contributed by atoms with van der Waals surface area (Å²) in [4.78, 5) is 15.0. The minimum absolute atomic E-state index is 0.0844. The van der Waals surface area contributed by atoms with Crippen molar-refractivity contribution in [2.45, 2.75) is 12.3 Å². The van der Waals surface area contributed by atoms with Crippen molar-refractivity contribution in [2.75, 3.05) is 7.11 Å². The van der Waals surface area contributed by atoms with Gasteiger partial charge in [0.15, 0.2) is 0 Å². The zero-order chi connectivity index (χ0) is 15.5. The summed E-state index contributed by atoms with van der Waals surface area (Å²) in [6, 6.07) is 15.8. The fourth-order valence-electron chi connectivity index (χ4n) is 2.68. The first-order valence-corrected chi connectivity index (χ1v) is 7.44. The van der Waals surface area contributed by atoms with Gasteiger partial charge >= 0.3 is 5.97 Å². The Balaban J connectivity index is 2.05. The molecule has 0 aliphatic rings. The van der Waals surface area contributed by atoms with E-state index >= 15 is 0 Å². The molecule has 2 aromatic carbocycles. The van der Waals surface area contributed by atoms with Crippen LogP contribution >= 0.6 is 11.6 Å². The van der Waals surface area contributed by atoms with Crippen molar-refractivity contribution in [3.63, 3.8) is 0 Å². The van der Waals surface area contributed by atoms with E-state index in [4.69, 9.17) is 16.3 Å². The number of nitrogens with one attached hydrogen (secondary N) is 1. The summed E-state index contributed by atoms with van der Waals surface area (Å²) in [5, 5.41) is 1.81. The standard InChI is InChI=1S/C18H16ClNO2/c1-22-18(21)11-16(13-3-2-4-15(19)9-13)14-6-5-12-7-8-20-17(12)10-14/h2-10,16,20H,11H2,1H3. The molecule has 0 aliphatic carbocycles. The van der Waals surface area contributed by atoms with E-state index < -0.39 is 0 Å². The summed E-state index contributed by atoms with van der Waals surface area (Å²) in [6.07, 6.45) is 2.19. The Morgan fingerprint density at radius 1 is 1.18 bits per heavy atom. The fourth-order valence-corrected chi connectivity index (χ4v) is 2.88. The molecule has 3 aromatic rings. The second kappa shape index (κ2) is 6.24. The number of esters is 1. The first kappa shape index (κ1) is 14.7. The van der Waals surface area contributed by atoms with Crippen LogP contribution in [0.25, 0.3) is 10.9 Å². The van der Waals surface area contributed by atoms with Crippen molar-refractivity contribution in [1.29, 1.82) is 0 Å². The number of fused-ring (bicyclic) bond motifs is 1. The van der Waals surface area contributed by atoms with Gasteiger partial charge in [-0.25, -0.2) is 0 Å². The van der Waals surface area contributed by atoms with Gasteiger partial charge in [0.1, 0.15) is 0 Å². The maximum Gasteiger partial charge on any atom is 0.306 e. The number of hydrogen-bond acceptors (Lipinski definition) is 2. The number of carbonyl (C=O) groups excluding carboxylic acids is 1. The first-order valence-electron chi connectivity index (χ1n) is 7.06. The van der Waals surface area contributed by atoms with Crippen LogP contribution < -0.4 is 0 Å². The largest absolute Gasteiger partial charge is 0.469 e. The molecular formula is C18H16ClNO2. The van der Waals surface area contributed by atoms with Crippen LogP contribution in [0.4, 0.5) is 0 Å². The SMILES string of the molecule is COC(=O)CC(c1cccc(Cl)c1)c1ccc2cc[nH]c2c1. The summed E-state index contributed by atoms with van der Waals surface area (Å²) in [6.45, 7) is 0. The second-order valence-electron chi connectivity index (χ2n) is 5.21. The molecular weight excluding hydrogens is 298 g/mol. The number of methoxy groups -OCH3 is 1. The Morgan fingerprint density at radius 2 is 2.00 bits per heavy atom. The number of rotatable bonds is 4. The Bertz CT molecular complexity index is 809. The third kappa shape index (κ3) is 3.00. The Hall–Kier alpha value is -2.26. The molecule has 0 spiro atoms. The molecule has 0 saturated heterocycles. The molecule has 0 radical (unpaired) electrons. The minimum Gasteiger partial charge on any atom is -0.469 e. The van der Waals surface area contributed by atoms with E-state index in [1.54, 1.807) is 0 Å². The summed E-state index contributed by atoms with van der Waals surface area (Å²) in [5.74, 6) is -0.324. The molecule has 1 unspecified atom stereocenters. The molecule has 3 rings (SSSR count). The van der Waals surface area contributed by atoms with Crippen molar-refractivity contribution in [3.8, 4) is 0 Å². The molecule has 3 nitrogen and oxygen atoms in total. The zero-order valence-corrected chi connectivity index (χ0v) is 12.9. The molecule has 0 fully saturated rings. The highest BCUT2D eigenvalue weighted by atomic mass is 35.5. The number of ether oxygens (including phenoxy) is 1. The molecule has 0 bridgehead atoms. The number of carbonyl (C=O) groups is 1. The summed E-state index contributed by atoms with van der Waals surface area (Å²) >= 11 is 6.10. The van der Waals surface area contributed by atoms with Gasteiger partial charge in [0, 0.05) is 22.7 Å². The van der Waals surface area contributed by atoms with Gasteiger partial charge in [-0.15, -0.1) is 0 Å². The van der Waals surface area contributed by atoms with Crippen LogP contribution in [0, 0.1) is 0 Å². The molecule has 1 heterocycles. The number of halogens is 1. The molecule has 0 amide bonds. The molecule has 1 N–H and O–H groups in total. The van der Waals surface area contributed by atoms with E-state index in [0.717, 1.165) is 22.0 Å². The van der Waals surface area contributed by atoms with Gasteiger partial charge in [0.25, 0.3) is 0 Å². The lowest BCUT2D eigenvalue weighted by molar-refractivity contribution is -0.140. The van der Waals surface area contributed by atoms with Gasteiger partial charge in [-0.3, -0.25) is 4.79 Å². The van der Waals surface area contributed by atoms with E-state index in [0.29, 0.717) is 5.02 Å². The van der Waals surface area contributed by atoms with Crippen LogP contribution in [0.1, 0.15) is 23.5 Å². The van der Waals surface area contributed by atoms with Gasteiger partial charge in [-0.2, -0.15) is 0 Å². The molecule has 22 heavy (non-hydrogen) atoms. The normalized spacial score (nSPS) is 12.3. The lowest BCUT2D eigenvalue weighted by Gasteiger charge is -2.17. The summed E-state index contributed by atoms with van der Waals surface area (Å²) in [5.41, 5.74) is 3.11. The lowest BCUT2D eigenvalue weighted by Crippen LogP contribution is -2.10. The van der Waals surface area contributed by atoms with Crippen molar-refractivity contribution >= 4 is 28.5 Å². The number of aromatic nitrogens is 1. The maximum atomic E-state index is 11.8. The van der Waals surface area contributed by atoms with Gasteiger partial charge < -0.3 is 9.72 Å². The van der Waals surface area contributed by atoms with E-state index in [1.165, 1.54) is 7.11 Å². The highest BCUT2D eigenvalue weighted by molar-refractivity contribution is 6.30. The summed E-state index contributed by atoms with van der Waals surface area (Å²) in [7, 11) is 1.41. The fraction of sp³-hybridized carbons (Fsp3) is 0.167. The first-order chi connectivity index (χ1) is 10.7. The molecule has 1 aromatic heterocycles. The highest BCUT2D eigenvalue weighted by Gasteiger charge is 2.19. The minimum atomic E-state index is -0.239. The highest BCUT2D eigenvalue weighted by Crippen LogP contribution is 2.31. The third-order valence-corrected chi connectivity index (χ3v) is 4.07. The molecule has 0 saturated carbocycles. The molecule has 0 aliphatic heterocycles. The summed E-state index contributed by atoms with van der Waals surface area (Å²) < 4.78 is 4.85. The average molecular weight is 314 g/mol. The van der Waals surface area contributed by atoms with Crippen molar-refractivity contribution in [3.05, 3.63) is 70.9 Å². The van der Waals surface area contributed by atoms with Gasteiger partial charge in [0.2, 0.25) is 0 Å². The molecule has 1 atom stereocenters. The van der Waals surface area contributed by atoms with Gasteiger partial charge in [0.05, 0.1) is 13.5 Å². The predicted octanol–water partition coefficient (Wildman–Crippen LogP) is 4.52. The second-order valence-corrected chi connectivity index (χ2v) is 5.65. The van der Waals surface area contributed by atoms with Crippen LogP contribution in [0.15, 0.2) is 54.7 Å². The van der Waals surface area contributed by atoms with Crippen LogP contribution in [0.2, 0.25) is 5.02 Å². The quantitative estimate of drug-likeness (QED) is 0.720. The number of H-pyrrole nitrogens is 1. The van der Waals surface area contributed by atoms with Gasteiger partial charge in [-0.05, 0) is 40.8 Å². The van der Waals surface area contributed by atoms with Crippen LogP contribution in [-0.2, 0) is 9.53 Å². The monoisotopic (exact) mass is 313 g/mol. The van der Waals surface area contributed by atoms with Crippen molar-refractivity contribution in [1.82, 2.24) is 4.98 Å². The van der Waals surface area contributed by atoms with Crippen molar-refractivity contribution < 1.29 is 9.53 Å². The Kier molecular flexibility index (Phi) is 4.16. The number of hydrogen-bond donors (Lipinski definition) is 1. The maximum absolute atomic E-state index is 11.8.